The van der Waals surface area contributed by atoms with Crippen LogP contribution in [0.15, 0.2) is 25.6 Å². The molecular weight excluding hydrogens is 336 g/mol. The zero-order valence-electron chi connectivity index (χ0n) is 11.6. The Balaban J connectivity index is 1.43. The zero-order valence-corrected chi connectivity index (χ0v) is 13.2. The molecule has 0 aromatic carbocycles. The molecule has 0 amide bonds. The summed E-state index contributed by atoms with van der Waals surface area (Å²) >= 11 is 3.27. The van der Waals surface area contributed by atoms with Gasteiger partial charge in [0, 0.05) is 19.1 Å². The van der Waals surface area contributed by atoms with Crippen molar-refractivity contribution in [2.45, 2.75) is 25.4 Å². The highest BCUT2D eigenvalue weighted by Crippen LogP contribution is 2.27. The second kappa shape index (κ2) is 5.55. The normalized spacial score (nSPS) is 26.1. The van der Waals surface area contributed by atoms with E-state index in [2.05, 4.69) is 36.3 Å². The summed E-state index contributed by atoms with van der Waals surface area (Å²) in [4.78, 5) is 2.39. The molecule has 2 atom stereocenters. The number of hydrogen-bond acceptors (Lipinski definition) is 6. The Morgan fingerprint density at radius 2 is 2.24 bits per heavy atom. The van der Waals surface area contributed by atoms with E-state index < -0.39 is 0 Å². The Bertz CT molecular complexity index is 612. The van der Waals surface area contributed by atoms with Gasteiger partial charge in [-0.05, 0) is 53.4 Å². The number of furan rings is 1. The van der Waals surface area contributed by atoms with E-state index in [0.717, 1.165) is 25.6 Å². The predicted molar refractivity (Wildman–Crippen MR) is 79.5 cm³/mol. The minimum atomic E-state index is 0.436. The molecule has 112 valence electrons. The van der Waals surface area contributed by atoms with Crippen LogP contribution in [0, 0.1) is 5.92 Å². The molecule has 0 radical (unpaired) electrons. The highest BCUT2D eigenvalue weighted by Gasteiger charge is 2.34. The average Bonchev–Trinajstić information content (AvgIpc) is 3.17. The van der Waals surface area contributed by atoms with Crippen LogP contribution in [0.5, 0.6) is 0 Å². The maximum atomic E-state index is 5.70. The molecule has 4 rings (SSSR count). The van der Waals surface area contributed by atoms with Crippen LogP contribution in [-0.2, 0) is 6.54 Å². The van der Waals surface area contributed by atoms with Gasteiger partial charge < -0.3 is 14.2 Å². The maximum Gasteiger partial charge on any atom is 0.283 e. The largest absolute Gasteiger partial charge is 0.444 e. The molecule has 0 spiro atoms. The molecule has 2 aromatic heterocycles. The van der Waals surface area contributed by atoms with Crippen molar-refractivity contribution in [1.29, 1.82) is 0 Å². The van der Waals surface area contributed by atoms with Gasteiger partial charge in [-0.2, -0.15) is 0 Å². The molecule has 2 aliphatic heterocycles. The van der Waals surface area contributed by atoms with Crippen LogP contribution < -0.4 is 5.32 Å². The Hall–Kier alpha value is -1.18. The first kappa shape index (κ1) is 13.5. The first-order valence-corrected chi connectivity index (χ1v) is 8.11. The molecule has 7 heteroatoms. The minimum absolute atomic E-state index is 0.436. The second-order valence-corrected chi connectivity index (χ2v) is 6.54. The van der Waals surface area contributed by atoms with Crippen LogP contribution >= 0.6 is 15.9 Å². The highest BCUT2D eigenvalue weighted by molar-refractivity contribution is 9.10. The molecule has 2 aliphatic rings. The van der Waals surface area contributed by atoms with Gasteiger partial charge in [-0.3, -0.25) is 4.90 Å². The van der Waals surface area contributed by atoms with Gasteiger partial charge >= 0.3 is 0 Å². The Morgan fingerprint density at radius 3 is 3.05 bits per heavy atom. The van der Waals surface area contributed by atoms with E-state index in [4.69, 9.17) is 8.83 Å². The highest BCUT2D eigenvalue weighted by atomic mass is 79.9. The fourth-order valence-corrected chi connectivity index (χ4v) is 3.61. The molecule has 1 N–H and O–H groups in total. The summed E-state index contributed by atoms with van der Waals surface area (Å²) in [6.45, 7) is 4.03. The van der Waals surface area contributed by atoms with E-state index in [-0.39, 0.29) is 0 Å². The van der Waals surface area contributed by atoms with E-state index in [1.807, 2.05) is 12.1 Å². The number of aromatic nitrogens is 2. The summed E-state index contributed by atoms with van der Waals surface area (Å²) in [6, 6.07) is 4.26. The molecule has 21 heavy (non-hydrogen) atoms. The average molecular weight is 353 g/mol. The van der Waals surface area contributed by atoms with Crippen molar-refractivity contribution in [3.8, 4) is 11.7 Å². The van der Waals surface area contributed by atoms with Crippen LogP contribution in [0.4, 0.5) is 0 Å². The molecule has 2 aromatic rings. The molecule has 2 saturated heterocycles. The lowest BCUT2D eigenvalue weighted by atomic mass is 9.94. The van der Waals surface area contributed by atoms with Crippen LogP contribution in [0.25, 0.3) is 11.7 Å². The number of halogens is 1. The number of piperidine rings is 1. The van der Waals surface area contributed by atoms with Gasteiger partial charge in [0.15, 0.2) is 10.4 Å². The number of rotatable bonds is 3. The molecule has 2 fully saturated rings. The fourth-order valence-electron chi connectivity index (χ4n) is 3.30. The lowest BCUT2D eigenvalue weighted by Gasteiger charge is -2.24. The number of likely N-dealkylation sites (tertiary alicyclic amines) is 1. The first-order chi connectivity index (χ1) is 10.3. The van der Waals surface area contributed by atoms with E-state index in [9.17, 15) is 0 Å². The summed E-state index contributed by atoms with van der Waals surface area (Å²) in [5.41, 5.74) is 0. The van der Waals surface area contributed by atoms with E-state index >= 15 is 0 Å². The Morgan fingerprint density at radius 1 is 1.29 bits per heavy atom. The SMILES string of the molecule is Brc1ccc(-c2nnc(CN3CC4CCCNC4C3)o2)o1. The number of fused-ring (bicyclic) bond motifs is 1. The minimum Gasteiger partial charge on any atom is -0.444 e. The van der Waals surface area contributed by atoms with Crippen molar-refractivity contribution in [2.75, 3.05) is 19.6 Å². The van der Waals surface area contributed by atoms with Crippen molar-refractivity contribution < 1.29 is 8.83 Å². The third kappa shape index (κ3) is 2.77. The molecule has 6 nitrogen and oxygen atoms in total. The summed E-state index contributed by atoms with van der Waals surface area (Å²) in [5, 5.41) is 11.8. The van der Waals surface area contributed by atoms with E-state index in [1.165, 1.54) is 12.8 Å². The van der Waals surface area contributed by atoms with Gasteiger partial charge in [0.05, 0.1) is 6.54 Å². The smallest absolute Gasteiger partial charge is 0.283 e. The maximum absolute atomic E-state index is 5.70. The van der Waals surface area contributed by atoms with Crippen LogP contribution in [0.1, 0.15) is 18.7 Å². The van der Waals surface area contributed by atoms with Gasteiger partial charge in [0.1, 0.15) is 0 Å². The van der Waals surface area contributed by atoms with Gasteiger partial charge in [0.2, 0.25) is 5.89 Å². The van der Waals surface area contributed by atoms with Gasteiger partial charge in [-0.15, -0.1) is 10.2 Å². The molecule has 0 aliphatic carbocycles. The second-order valence-electron chi connectivity index (χ2n) is 5.76. The number of nitrogens with one attached hydrogen (secondary N) is 1. The lowest BCUT2D eigenvalue weighted by molar-refractivity contribution is 0.279. The molecular formula is C14H17BrN4O2. The van der Waals surface area contributed by atoms with Crippen LogP contribution in [-0.4, -0.2) is 40.8 Å². The Kier molecular flexibility index (Phi) is 3.56. The quantitative estimate of drug-likeness (QED) is 0.913. The summed E-state index contributed by atoms with van der Waals surface area (Å²) in [6.07, 6.45) is 2.61. The lowest BCUT2D eigenvalue weighted by Crippen LogP contribution is -2.40. The third-order valence-electron chi connectivity index (χ3n) is 4.28. The van der Waals surface area contributed by atoms with E-state index in [1.54, 1.807) is 0 Å². The Labute approximate surface area is 131 Å². The van der Waals surface area contributed by atoms with Crippen LogP contribution in [0.3, 0.4) is 0 Å². The summed E-state index contributed by atoms with van der Waals surface area (Å²) in [7, 11) is 0. The zero-order chi connectivity index (χ0) is 14.2. The monoisotopic (exact) mass is 352 g/mol. The van der Waals surface area contributed by atoms with E-state index in [0.29, 0.717) is 34.8 Å². The predicted octanol–water partition coefficient (Wildman–Crippen LogP) is 2.28. The fraction of sp³-hybridized carbons (Fsp3) is 0.571. The molecule has 0 bridgehead atoms. The van der Waals surface area contributed by atoms with Crippen molar-refractivity contribution in [3.05, 3.63) is 22.7 Å². The number of nitrogens with zero attached hydrogens (tertiary/aromatic N) is 3. The van der Waals surface area contributed by atoms with Crippen molar-refractivity contribution in [1.82, 2.24) is 20.4 Å². The van der Waals surface area contributed by atoms with Crippen molar-refractivity contribution in [3.63, 3.8) is 0 Å². The van der Waals surface area contributed by atoms with Gasteiger partial charge in [-0.25, -0.2) is 0 Å². The van der Waals surface area contributed by atoms with Crippen molar-refractivity contribution >= 4 is 15.9 Å². The topological polar surface area (TPSA) is 67.3 Å². The standard InChI is InChI=1S/C14H17BrN4O2/c15-12-4-3-11(20-12)14-18-17-13(21-14)8-19-6-9-2-1-5-16-10(9)7-19/h3-4,9-10,16H,1-2,5-8H2. The molecule has 4 heterocycles. The summed E-state index contributed by atoms with van der Waals surface area (Å²) in [5.74, 6) is 2.45. The van der Waals surface area contributed by atoms with Crippen molar-refractivity contribution in [2.24, 2.45) is 5.92 Å². The third-order valence-corrected chi connectivity index (χ3v) is 4.71. The van der Waals surface area contributed by atoms with Gasteiger partial charge in [-0.1, -0.05) is 0 Å². The van der Waals surface area contributed by atoms with Gasteiger partial charge in [0.25, 0.3) is 5.89 Å². The first-order valence-electron chi connectivity index (χ1n) is 7.32. The molecule has 0 saturated carbocycles. The summed E-state index contributed by atoms with van der Waals surface area (Å²) < 4.78 is 11.8. The van der Waals surface area contributed by atoms with Crippen LogP contribution in [0.2, 0.25) is 0 Å². The molecule has 2 unspecified atom stereocenters. The number of hydrogen-bond donors (Lipinski definition) is 1.